The highest BCUT2D eigenvalue weighted by molar-refractivity contribution is 5.77. The maximum absolute atomic E-state index is 12.1. The maximum atomic E-state index is 12.1. The van der Waals surface area contributed by atoms with Crippen LogP contribution in [0, 0.1) is 0 Å². The number of H-pyrrole nitrogens is 1. The van der Waals surface area contributed by atoms with Gasteiger partial charge in [-0.25, -0.2) is 0 Å². The first-order chi connectivity index (χ1) is 9.33. The summed E-state index contributed by atoms with van der Waals surface area (Å²) in [6.45, 7) is 2.18. The van der Waals surface area contributed by atoms with Gasteiger partial charge in [-0.1, -0.05) is 0 Å². The monoisotopic (exact) mass is 264 g/mol. The van der Waals surface area contributed by atoms with Crippen LogP contribution in [-0.4, -0.2) is 41.9 Å². The Morgan fingerprint density at radius 1 is 1.58 bits per heavy atom. The molecule has 2 atom stereocenters. The number of nitrogens with zero attached hydrogens (tertiary/aromatic N) is 1. The topological polar surface area (TPSA) is 79.0 Å². The van der Waals surface area contributed by atoms with Crippen molar-refractivity contribution in [3.63, 3.8) is 0 Å². The van der Waals surface area contributed by atoms with Gasteiger partial charge in [-0.2, -0.15) is 5.10 Å². The molecule has 6 nitrogen and oxygen atoms in total. The number of hydrogen-bond donors (Lipinski definition) is 3. The van der Waals surface area contributed by atoms with E-state index in [2.05, 4.69) is 20.8 Å². The number of hydrogen-bond acceptors (Lipinski definition) is 4. The van der Waals surface area contributed by atoms with E-state index in [1.165, 1.54) is 5.56 Å². The number of fused-ring (bicyclic) bond motifs is 1. The largest absolute Gasteiger partial charge is 0.378 e. The van der Waals surface area contributed by atoms with Gasteiger partial charge in [0.1, 0.15) is 0 Å². The summed E-state index contributed by atoms with van der Waals surface area (Å²) >= 11 is 0. The van der Waals surface area contributed by atoms with Crippen LogP contribution >= 0.6 is 0 Å². The second-order valence-corrected chi connectivity index (χ2v) is 5.25. The molecule has 0 bridgehead atoms. The number of morpholine rings is 1. The molecular weight excluding hydrogens is 244 g/mol. The number of ether oxygens (including phenoxy) is 1. The third-order valence-corrected chi connectivity index (χ3v) is 3.80. The van der Waals surface area contributed by atoms with Crippen LogP contribution < -0.4 is 10.6 Å². The summed E-state index contributed by atoms with van der Waals surface area (Å²) in [5.41, 5.74) is 2.31. The molecule has 0 radical (unpaired) electrons. The standard InChI is InChI=1S/C13H20N4O2/c18-12(6-10-8-19-5-4-14-10)16-11-3-1-2-9-7-15-17-13(9)11/h7,10-11,14H,1-6,8H2,(H,15,17)(H,16,18). The molecule has 1 aromatic rings. The molecule has 1 fully saturated rings. The fourth-order valence-electron chi connectivity index (χ4n) is 2.84. The lowest BCUT2D eigenvalue weighted by Crippen LogP contribution is -2.44. The highest BCUT2D eigenvalue weighted by Gasteiger charge is 2.25. The predicted molar refractivity (Wildman–Crippen MR) is 69.6 cm³/mol. The summed E-state index contributed by atoms with van der Waals surface area (Å²) in [7, 11) is 0. The normalized spacial score (nSPS) is 26.7. The van der Waals surface area contributed by atoms with Gasteiger partial charge < -0.3 is 15.4 Å². The highest BCUT2D eigenvalue weighted by Crippen LogP contribution is 2.27. The summed E-state index contributed by atoms with van der Waals surface area (Å²) in [5, 5.41) is 13.5. The third-order valence-electron chi connectivity index (χ3n) is 3.80. The van der Waals surface area contributed by atoms with Crippen LogP contribution in [0.2, 0.25) is 0 Å². The van der Waals surface area contributed by atoms with Gasteiger partial charge in [-0.05, 0) is 24.8 Å². The van der Waals surface area contributed by atoms with Gasteiger partial charge in [0.2, 0.25) is 5.91 Å². The predicted octanol–water partition coefficient (Wildman–Crippen LogP) is 0.282. The zero-order valence-electron chi connectivity index (χ0n) is 10.9. The smallest absolute Gasteiger partial charge is 0.222 e. The van der Waals surface area contributed by atoms with E-state index in [9.17, 15) is 4.79 Å². The summed E-state index contributed by atoms with van der Waals surface area (Å²) in [4.78, 5) is 12.1. The Hall–Kier alpha value is -1.40. The van der Waals surface area contributed by atoms with Crippen LogP contribution in [0.25, 0.3) is 0 Å². The molecule has 1 aliphatic heterocycles. The average molecular weight is 264 g/mol. The van der Waals surface area contributed by atoms with Crippen molar-refractivity contribution in [2.75, 3.05) is 19.8 Å². The van der Waals surface area contributed by atoms with E-state index in [-0.39, 0.29) is 18.0 Å². The van der Waals surface area contributed by atoms with E-state index < -0.39 is 0 Å². The molecule has 1 aromatic heterocycles. The van der Waals surface area contributed by atoms with Crippen molar-refractivity contribution in [1.82, 2.24) is 20.8 Å². The van der Waals surface area contributed by atoms with Crippen LogP contribution in [0.3, 0.4) is 0 Å². The summed E-state index contributed by atoms with van der Waals surface area (Å²) in [5.74, 6) is 0.0791. The number of aryl methyl sites for hydroxylation is 1. The fourth-order valence-corrected chi connectivity index (χ4v) is 2.84. The van der Waals surface area contributed by atoms with Crippen LogP contribution in [0.5, 0.6) is 0 Å². The van der Waals surface area contributed by atoms with Gasteiger partial charge >= 0.3 is 0 Å². The first-order valence-electron chi connectivity index (χ1n) is 6.95. The molecule has 0 spiro atoms. The summed E-state index contributed by atoms with van der Waals surface area (Å²) < 4.78 is 5.36. The van der Waals surface area contributed by atoms with Crippen LogP contribution in [0.1, 0.15) is 36.6 Å². The Morgan fingerprint density at radius 2 is 2.53 bits per heavy atom. The molecular formula is C13H20N4O2. The molecule has 1 aliphatic carbocycles. The SMILES string of the molecule is O=C(CC1COCCN1)NC1CCCc2cn[nH]c21. The van der Waals surface area contributed by atoms with E-state index in [0.29, 0.717) is 13.0 Å². The van der Waals surface area contributed by atoms with Gasteiger partial charge in [0, 0.05) is 19.0 Å². The molecule has 3 N–H and O–H groups in total. The lowest BCUT2D eigenvalue weighted by atomic mass is 9.93. The number of aromatic amines is 1. The van der Waals surface area contributed by atoms with Gasteiger partial charge in [-0.3, -0.25) is 9.89 Å². The number of amides is 1. The van der Waals surface area contributed by atoms with Crippen molar-refractivity contribution < 1.29 is 9.53 Å². The Balaban J connectivity index is 1.55. The second kappa shape index (κ2) is 5.71. The second-order valence-electron chi connectivity index (χ2n) is 5.25. The summed E-state index contributed by atoms with van der Waals surface area (Å²) in [6, 6.07) is 0.224. The average Bonchev–Trinajstić information content (AvgIpc) is 2.89. The number of carbonyl (C=O) groups excluding carboxylic acids is 1. The zero-order chi connectivity index (χ0) is 13.1. The Kier molecular flexibility index (Phi) is 3.79. The van der Waals surface area contributed by atoms with Crippen molar-refractivity contribution in [3.8, 4) is 0 Å². The van der Waals surface area contributed by atoms with E-state index >= 15 is 0 Å². The molecule has 6 heteroatoms. The van der Waals surface area contributed by atoms with Gasteiger partial charge in [-0.15, -0.1) is 0 Å². The molecule has 1 saturated heterocycles. The fraction of sp³-hybridized carbons (Fsp3) is 0.692. The van der Waals surface area contributed by atoms with Crippen molar-refractivity contribution in [1.29, 1.82) is 0 Å². The van der Waals surface area contributed by atoms with Crippen LogP contribution in [-0.2, 0) is 16.0 Å². The van der Waals surface area contributed by atoms with E-state index in [1.54, 1.807) is 0 Å². The minimum Gasteiger partial charge on any atom is -0.378 e. The Morgan fingerprint density at radius 3 is 3.37 bits per heavy atom. The van der Waals surface area contributed by atoms with Crippen molar-refractivity contribution in [2.24, 2.45) is 0 Å². The Bertz CT molecular complexity index is 440. The zero-order valence-corrected chi connectivity index (χ0v) is 10.9. The molecule has 2 unspecified atom stereocenters. The third kappa shape index (κ3) is 2.96. The molecule has 0 aromatic carbocycles. The maximum Gasteiger partial charge on any atom is 0.222 e. The quantitative estimate of drug-likeness (QED) is 0.733. The first-order valence-corrected chi connectivity index (χ1v) is 6.95. The minimum atomic E-state index is 0.0791. The van der Waals surface area contributed by atoms with E-state index in [1.807, 2.05) is 6.20 Å². The minimum absolute atomic E-state index is 0.0791. The number of aromatic nitrogens is 2. The molecule has 1 amide bonds. The summed E-state index contributed by atoms with van der Waals surface area (Å²) in [6.07, 6.45) is 5.47. The number of rotatable bonds is 3. The van der Waals surface area contributed by atoms with E-state index in [4.69, 9.17) is 4.74 Å². The van der Waals surface area contributed by atoms with Crippen molar-refractivity contribution in [2.45, 2.75) is 37.8 Å². The Labute approximate surface area is 112 Å². The molecule has 0 saturated carbocycles. The molecule has 19 heavy (non-hydrogen) atoms. The highest BCUT2D eigenvalue weighted by atomic mass is 16.5. The van der Waals surface area contributed by atoms with Gasteiger partial charge in [0.05, 0.1) is 31.1 Å². The van der Waals surface area contributed by atoms with Gasteiger partial charge in [0.15, 0.2) is 0 Å². The van der Waals surface area contributed by atoms with Crippen LogP contribution in [0.15, 0.2) is 6.20 Å². The molecule has 2 heterocycles. The molecule has 3 rings (SSSR count). The first kappa shape index (κ1) is 12.6. The number of carbonyl (C=O) groups is 1. The number of nitrogens with one attached hydrogen (secondary N) is 3. The van der Waals surface area contributed by atoms with Crippen molar-refractivity contribution >= 4 is 5.91 Å². The molecule has 104 valence electrons. The van der Waals surface area contributed by atoms with Gasteiger partial charge in [0.25, 0.3) is 0 Å². The van der Waals surface area contributed by atoms with Crippen LogP contribution in [0.4, 0.5) is 0 Å². The lowest BCUT2D eigenvalue weighted by Gasteiger charge is -2.26. The van der Waals surface area contributed by atoms with Crippen molar-refractivity contribution in [3.05, 3.63) is 17.5 Å². The molecule has 2 aliphatic rings. The lowest BCUT2D eigenvalue weighted by molar-refractivity contribution is -0.123. The van der Waals surface area contributed by atoms with E-state index in [0.717, 1.165) is 38.1 Å².